The van der Waals surface area contributed by atoms with Crippen LogP contribution < -0.4 is 10.6 Å². The topological polar surface area (TPSA) is 87.7 Å². The van der Waals surface area contributed by atoms with E-state index in [4.69, 9.17) is 16.3 Å². The lowest BCUT2D eigenvalue weighted by Gasteiger charge is -2.32. The highest BCUT2D eigenvalue weighted by Gasteiger charge is 2.35. The molecular formula is C27H36ClN3O4S. The number of anilines is 1. The first-order valence-corrected chi connectivity index (χ1v) is 13.5. The Morgan fingerprint density at radius 3 is 2.28 bits per heavy atom. The SMILES string of the molecule is CSCCC(NC(=O)OC(C)(C)C)C(=O)N(C)C(C(=O)Nc1c(C)cccc1Cl)c1ccccc1C. The Bertz CT molecular complexity index is 1070. The highest BCUT2D eigenvalue weighted by molar-refractivity contribution is 7.98. The Hall–Kier alpha value is -2.71. The first-order chi connectivity index (χ1) is 16.9. The van der Waals surface area contributed by atoms with Crippen molar-refractivity contribution in [3.05, 3.63) is 64.2 Å². The number of halogens is 1. The predicted octanol–water partition coefficient (Wildman–Crippen LogP) is 5.74. The van der Waals surface area contributed by atoms with Gasteiger partial charge in [-0.2, -0.15) is 11.8 Å². The highest BCUT2D eigenvalue weighted by Crippen LogP contribution is 2.30. The molecule has 0 radical (unpaired) electrons. The molecule has 0 aliphatic rings. The molecule has 0 heterocycles. The average Bonchev–Trinajstić information content (AvgIpc) is 2.78. The maximum absolute atomic E-state index is 13.7. The molecule has 2 aromatic rings. The summed E-state index contributed by atoms with van der Waals surface area (Å²) in [6.45, 7) is 9.01. The van der Waals surface area contributed by atoms with E-state index in [2.05, 4.69) is 10.6 Å². The van der Waals surface area contributed by atoms with Gasteiger partial charge < -0.3 is 20.3 Å². The van der Waals surface area contributed by atoms with Crippen molar-refractivity contribution in [2.75, 3.05) is 24.4 Å². The number of para-hydroxylation sites is 1. The van der Waals surface area contributed by atoms with Crippen molar-refractivity contribution < 1.29 is 19.1 Å². The van der Waals surface area contributed by atoms with Gasteiger partial charge in [0.25, 0.3) is 5.91 Å². The van der Waals surface area contributed by atoms with Crippen LogP contribution in [0.15, 0.2) is 42.5 Å². The minimum Gasteiger partial charge on any atom is -0.444 e. The lowest BCUT2D eigenvalue weighted by molar-refractivity contribution is -0.139. The number of carbonyl (C=O) groups is 3. The molecule has 0 aliphatic carbocycles. The molecule has 2 N–H and O–H groups in total. The van der Waals surface area contributed by atoms with Gasteiger partial charge in [0, 0.05) is 7.05 Å². The molecule has 9 heteroatoms. The van der Waals surface area contributed by atoms with E-state index in [0.29, 0.717) is 28.4 Å². The fourth-order valence-electron chi connectivity index (χ4n) is 3.72. The van der Waals surface area contributed by atoms with Crippen LogP contribution in [0.25, 0.3) is 0 Å². The van der Waals surface area contributed by atoms with Crippen molar-refractivity contribution >= 4 is 47.0 Å². The Morgan fingerprint density at radius 1 is 1.06 bits per heavy atom. The minimum atomic E-state index is -0.952. The minimum absolute atomic E-state index is 0.384. The first kappa shape index (κ1) is 29.5. The van der Waals surface area contributed by atoms with Crippen LogP contribution in [0.1, 0.15) is 49.9 Å². The number of hydrogen-bond donors (Lipinski definition) is 2. The lowest BCUT2D eigenvalue weighted by atomic mass is 9.98. The summed E-state index contributed by atoms with van der Waals surface area (Å²) in [4.78, 5) is 41.3. The summed E-state index contributed by atoms with van der Waals surface area (Å²) in [6, 6.07) is 10.9. The third-order valence-electron chi connectivity index (χ3n) is 5.54. The van der Waals surface area contributed by atoms with Crippen LogP contribution >= 0.6 is 23.4 Å². The zero-order valence-corrected chi connectivity index (χ0v) is 23.5. The second-order valence-electron chi connectivity index (χ2n) is 9.61. The predicted molar refractivity (Wildman–Crippen MR) is 148 cm³/mol. The largest absolute Gasteiger partial charge is 0.444 e. The van der Waals surface area contributed by atoms with Crippen molar-refractivity contribution in [2.24, 2.45) is 0 Å². The molecule has 0 saturated heterocycles. The maximum Gasteiger partial charge on any atom is 0.408 e. The van der Waals surface area contributed by atoms with Crippen LogP contribution in [0.5, 0.6) is 0 Å². The van der Waals surface area contributed by atoms with E-state index >= 15 is 0 Å². The number of alkyl carbamates (subject to hydrolysis) is 1. The molecule has 7 nitrogen and oxygen atoms in total. The number of rotatable bonds is 9. The number of thioether (sulfide) groups is 1. The molecule has 2 aromatic carbocycles. The first-order valence-electron chi connectivity index (χ1n) is 11.7. The fraction of sp³-hybridized carbons (Fsp3) is 0.444. The number of ether oxygens (including phenoxy) is 1. The van der Waals surface area contributed by atoms with Gasteiger partial charge in [-0.05, 0) is 75.8 Å². The van der Waals surface area contributed by atoms with Crippen molar-refractivity contribution in [1.82, 2.24) is 10.2 Å². The Morgan fingerprint density at radius 2 is 1.69 bits per heavy atom. The molecule has 2 rings (SSSR count). The van der Waals surface area contributed by atoms with Gasteiger partial charge in [-0.25, -0.2) is 4.79 Å². The van der Waals surface area contributed by atoms with Gasteiger partial charge in [0.05, 0.1) is 10.7 Å². The van der Waals surface area contributed by atoms with E-state index in [1.54, 1.807) is 51.7 Å². The van der Waals surface area contributed by atoms with Gasteiger partial charge >= 0.3 is 6.09 Å². The molecule has 0 aliphatic heterocycles. The van der Waals surface area contributed by atoms with Crippen molar-refractivity contribution in [2.45, 2.75) is 58.7 Å². The normalized spacial score (nSPS) is 12.9. The molecule has 0 fully saturated rings. The molecule has 36 heavy (non-hydrogen) atoms. The summed E-state index contributed by atoms with van der Waals surface area (Å²) in [5, 5.41) is 6.02. The number of carbonyl (C=O) groups excluding carboxylic acids is 3. The van der Waals surface area contributed by atoms with Gasteiger partial charge in [0.15, 0.2) is 0 Å². The maximum atomic E-state index is 13.7. The standard InChI is InChI=1S/C27H36ClN3O4S/c1-17-11-8-9-13-19(17)23(24(32)30-22-18(2)12-10-14-20(22)28)31(6)25(33)21(15-16-36-7)29-26(34)35-27(3,4)5/h8-14,21,23H,15-16H2,1-7H3,(H,29,34)(H,30,32). The van der Waals surface area contributed by atoms with E-state index in [-0.39, 0.29) is 0 Å². The van der Waals surface area contributed by atoms with Crippen molar-refractivity contribution in [3.63, 3.8) is 0 Å². The monoisotopic (exact) mass is 533 g/mol. The molecule has 2 unspecified atom stereocenters. The molecule has 0 aromatic heterocycles. The second-order valence-corrected chi connectivity index (χ2v) is 11.0. The number of likely N-dealkylation sites (N-methyl/N-ethyl adjacent to an activating group) is 1. The molecule has 196 valence electrons. The molecule has 0 saturated carbocycles. The summed E-state index contributed by atoms with van der Waals surface area (Å²) in [7, 11) is 1.57. The van der Waals surface area contributed by atoms with Crippen LogP contribution in [-0.2, 0) is 14.3 Å². The van der Waals surface area contributed by atoms with E-state index < -0.39 is 35.6 Å². The van der Waals surface area contributed by atoms with Gasteiger partial charge in [0.2, 0.25) is 5.91 Å². The molecule has 0 bridgehead atoms. The third kappa shape index (κ3) is 8.17. The zero-order chi connectivity index (χ0) is 27.0. The summed E-state index contributed by atoms with van der Waals surface area (Å²) in [5.74, 6) is -0.161. The lowest BCUT2D eigenvalue weighted by Crippen LogP contribution is -2.51. The van der Waals surface area contributed by atoms with Crippen molar-refractivity contribution in [3.8, 4) is 0 Å². The third-order valence-corrected chi connectivity index (χ3v) is 6.50. The van der Waals surface area contributed by atoms with E-state index in [0.717, 1.165) is 11.1 Å². The van der Waals surface area contributed by atoms with Gasteiger partial charge in [0.1, 0.15) is 17.7 Å². The van der Waals surface area contributed by atoms with E-state index in [9.17, 15) is 14.4 Å². The Balaban J connectivity index is 2.42. The summed E-state index contributed by atoms with van der Waals surface area (Å²) in [5.41, 5.74) is 2.12. The number of nitrogens with zero attached hydrogens (tertiary/aromatic N) is 1. The Kier molecular flexibility index (Phi) is 10.7. The quantitative estimate of drug-likeness (QED) is 0.429. The van der Waals surface area contributed by atoms with Crippen LogP contribution in [-0.4, -0.2) is 53.5 Å². The highest BCUT2D eigenvalue weighted by atomic mass is 35.5. The van der Waals surface area contributed by atoms with Crippen LogP contribution in [0.2, 0.25) is 5.02 Å². The average molecular weight is 534 g/mol. The van der Waals surface area contributed by atoms with Gasteiger partial charge in [-0.1, -0.05) is 48.0 Å². The van der Waals surface area contributed by atoms with E-state index in [1.165, 1.54) is 4.90 Å². The van der Waals surface area contributed by atoms with Crippen LogP contribution in [0.4, 0.5) is 10.5 Å². The number of amides is 3. The van der Waals surface area contributed by atoms with E-state index in [1.807, 2.05) is 50.4 Å². The smallest absolute Gasteiger partial charge is 0.408 e. The number of aryl methyl sites for hydroxylation is 2. The molecule has 3 amide bonds. The van der Waals surface area contributed by atoms with Crippen LogP contribution in [0, 0.1) is 13.8 Å². The van der Waals surface area contributed by atoms with Gasteiger partial charge in [-0.15, -0.1) is 0 Å². The molecule has 0 spiro atoms. The van der Waals surface area contributed by atoms with Crippen LogP contribution in [0.3, 0.4) is 0 Å². The summed E-state index contributed by atoms with van der Waals surface area (Å²) < 4.78 is 5.37. The number of nitrogens with one attached hydrogen (secondary N) is 2. The fourth-order valence-corrected chi connectivity index (χ4v) is 4.46. The van der Waals surface area contributed by atoms with Gasteiger partial charge in [-0.3, -0.25) is 9.59 Å². The number of benzene rings is 2. The molecule has 2 atom stereocenters. The number of hydrogen-bond acceptors (Lipinski definition) is 5. The van der Waals surface area contributed by atoms with Crippen molar-refractivity contribution in [1.29, 1.82) is 0 Å². The zero-order valence-electron chi connectivity index (χ0n) is 22.0. The second kappa shape index (κ2) is 13.0. The Labute approximate surface area is 223 Å². The summed E-state index contributed by atoms with van der Waals surface area (Å²) >= 11 is 7.92. The summed E-state index contributed by atoms with van der Waals surface area (Å²) in [6.07, 6.45) is 1.63. The molecular weight excluding hydrogens is 498 g/mol.